The third kappa shape index (κ3) is 4.98. The first kappa shape index (κ1) is 24.3. The SMILES string of the molecule is CCC(Sc1nc2c(cc1C#N)CC(C(C)(C)CC)CC2)C(=O)Nc1cccc2ccccc12. The lowest BCUT2D eigenvalue weighted by Gasteiger charge is -2.37. The van der Waals surface area contributed by atoms with Crippen molar-refractivity contribution in [3.8, 4) is 6.07 Å². The molecular weight excluding hydrogens is 438 g/mol. The topological polar surface area (TPSA) is 65.8 Å². The lowest BCUT2D eigenvalue weighted by Crippen LogP contribution is -2.29. The second kappa shape index (κ2) is 10.2. The molecule has 0 fully saturated rings. The number of nitriles is 1. The van der Waals surface area contributed by atoms with Gasteiger partial charge in [0.2, 0.25) is 5.91 Å². The van der Waals surface area contributed by atoms with Crippen LogP contribution in [0.3, 0.4) is 0 Å². The van der Waals surface area contributed by atoms with Gasteiger partial charge in [0.05, 0.1) is 10.8 Å². The normalized spacial score (nSPS) is 16.5. The van der Waals surface area contributed by atoms with E-state index in [2.05, 4.69) is 32.2 Å². The summed E-state index contributed by atoms with van der Waals surface area (Å²) in [6.07, 6.45) is 4.82. The maximum atomic E-state index is 13.2. The zero-order valence-corrected chi connectivity index (χ0v) is 21.3. The summed E-state index contributed by atoms with van der Waals surface area (Å²) < 4.78 is 0. The molecule has 1 aliphatic rings. The molecule has 1 aromatic heterocycles. The van der Waals surface area contributed by atoms with Gasteiger partial charge in [-0.1, -0.05) is 82.3 Å². The van der Waals surface area contributed by atoms with Crippen LogP contribution in [0, 0.1) is 22.7 Å². The zero-order chi connectivity index (χ0) is 24.3. The lowest BCUT2D eigenvalue weighted by atomic mass is 9.69. The summed E-state index contributed by atoms with van der Waals surface area (Å²) in [5.74, 6) is 0.545. The number of pyridine rings is 1. The summed E-state index contributed by atoms with van der Waals surface area (Å²) in [6, 6.07) is 18.3. The van der Waals surface area contributed by atoms with Crippen molar-refractivity contribution in [2.45, 2.75) is 70.1 Å². The summed E-state index contributed by atoms with van der Waals surface area (Å²) in [5, 5.41) is 15.4. The summed E-state index contributed by atoms with van der Waals surface area (Å²) in [6.45, 7) is 8.93. The van der Waals surface area contributed by atoms with E-state index >= 15 is 0 Å². The predicted molar refractivity (Wildman–Crippen MR) is 141 cm³/mol. The first-order valence-corrected chi connectivity index (χ1v) is 13.1. The van der Waals surface area contributed by atoms with E-state index in [4.69, 9.17) is 4.98 Å². The molecule has 0 spiro atoms. The average Bonchev–Trinajstić information content (AvgIpc) is 2.86. The van der Waals surface area contributed by atoms with Crippen molar-refractivity contribution in [3.63, 3.8) is 0 Å². The van der Waals surface area contributed by atoms with E-state index in [1.54, 1.807) is 0 Å². The number of carbonyl (C=O) groups excluding carboxylic acids is 1. The van der Waals surface area contributed by atoms with Crippen molar-refractivity contribution in [3.05, 3.63) is 65.4 Å². The number of fused-ring (bicyclic) bond motifs is 2. The van der Waals surface area contributed by atoms with Crippen molar-refractivity contribution in [1.82, 2.24) is 4.98 Å². The van der Waals surface area contributed by atoms with Crippen LogP contribution in [0.4, 0.5) is 5.69 Å². The second-order valence-corrected chi connectivity index (χ2v) is 11.1. The van der Waals surface area contributed by atoms with Gasteiger partial charge in [0.15, 0.2) is 0 Å². The molecule has 2 unspecified atom stereocenters. The van der Waals surface area contributed by atoms with Crippen LogP contribution in [0.5, 0.6) is 0 Å². The summed E-state index contributed by atoms with van der Waals surface area (Å²) in [4.78, 5) is 18.1. The monoisotopic (exact) mass is 471 g/mol. The van der Waals surface area contributed by atoms with Gasteiger partial charge in [-0.2, -0.15) is 5.26 Å². The van der Waals surface area contributed by atoms with Gasteiger partial charge in [-0.3, -0.25) is 4.79 Å². The number of nitrogens with zero attached hydrogens (tertiary/aromatic N) is 2. The van der Waals surface area contributed by atoms with Crippen molar-refractivity contribution < 1.29 is 4.79 Å². The smallest absolute Gasteiger partial charge is 0.237 e. The summed E-state index contributed by atoms with van der Waals surface area (Å²) in [5.41, 5.74) is 3.96. The van der Waals surface area contributed by atoms with Gasteiger partial charge >= 0.3 is 0 Å². The van der Waals surface area contributed by atoms with Crippen LogP contribution in [0.15, 0.2) is 53.6 Å². The first-order valence-electron chi connectivity index (χ1n) is 12.2. The van der Waals surface area contributed by atoms with Crippen molar-refractivity contribution >= 4 is 34.1 Å². The van der Waals surface area contributed by atoms with E-state index in [-0.39, 0.29) is 16.6 Å². The molecule has 0 radical (unpaired) electrons. The Labute approximate surface area is 207 Å². The molecule has 2 atom stereocenters. The number of benzene rings is 2. The standard InChI is InChI=1S/C29H33N3OS/c1-5-26(27(33)31-25-13-9-11-19-10-7-8-12-23(19)25)34-28-21(18-30)16-20-17-22(29(3,4)6-2)14-15-24(20)32-28/h7-13,16,22,26H,5-6,14-15,17H2,1-4H3,(H,31,33). The van der Waals surface area contributed by atoms with Crippen LogP contribution in [0.1, 0.15) is 63.8 Å². The maximum Gasteiger partial charge on any atom is 0.237 e. The molecule has 1 amide bonds. The Morgan fingerprint density at radius 2 is 2.00 bits per heavy atom. The van der Waals surface area contributed by atoms with E-state index in [1.165, 1.54) is 17.3 Å². The zero-order valence-electron chi connectivity index (χ0n) is 20.5. The molecule has 4 nitrogen and oxygen atoms in total. The van der Waals surface area contributed by atoms with E-state index in [0.717, 1.165) is 47.8 Å². The van der Waals surface area contributed by atoms with Crippen LogP contribution in [-0.2, 0) is 17.6 Å². The number of hydrogen-bond acceptors (Lipinski definition) is 4. The van der Waals surface area contributed by atoms with Gasteiger partial charge < -0.3 is 5.32 Å². The number of anilines is 1. The second-order valence-electron chi connectivity index (χ2n) is 9.87. The quantitative estimate of drug-likeness (QED) is 0.371. The molecule has 34 heavy (non-hydrogen) atoms. The molecule has 0 saturated carbocycles. The van der Waals surface area contributed by atoms with E-state index in [1.807, 2.05) is 55.5 Å². The van der Waals surface area contributed by atoms with Crippen molar-refractivity contribution in [1.29, 1.82) is 5.26 Å². The third-order valence-corrected chi connectivity index (χ3v) is 8.82. The number of thioether (sulfide) groups is 1. The Morgan fingerprint density at radius 1 is 1.24 bits per heavy atom. The van der Waals surface area contributed by atoms with Crippen molar-refractivity contribution in [2.24, 2.45) is 11.3 Å². The molecule has 0 aliphatic heterocycles. The molecule has 1 heterocycles. The number of amides is 1. The Hall–Kier alpha value is -2.84. The molecule has 3 aromatic rings. The van der Waals surface area contributed by atoms with Gasteiger partial charge in [0, 0.05) is 16.8 Å². The van der Waals surface area contributed by atoms with Crippen LogP contribution >= 0.6 is 11.8 Å². The fourth-order valence-electron chi connectivity index (χ4n) is 4.78. The molecule has 176 valence electrons. The minimum Gasteiger partial charge on any atom is -0.325 e. The van der Waals surface area contributed by atoms with Crippen LogP contribution in [0.2, 0.25) is 0 Å². The molecule has 1 aliphatic carbocycles. The lowest BCUT2D eigenvalue weighted by molar-refractivity contribution is -0.115. The fourth-order valence-corrected chi connectivity index (χ4v) is 5.77. The van der Waals surface area contributed by atoms with Crippen LogP contribution < -0.4 is 5.32 Å². The molecule has 2 aromatic carbocycles. The fraction of sp³-hybridized carbons (Fsp3) is 0.414. The van der Waals surface area contributed by atoms with Gasteiger partial charge in [-0.05, 0) is 60.1 Å². The molecular formula is C29H33N3OS. The number of carbonyl (C=O) groups is 1. The van der Waals surface area contributed by atoms with Gasteiger partial charge in [-0.25, -0.2) is 4.98 Å². The minimum absolute atomic E-state index is 0.0583. The summed E-state index contributed by atoms with van der Waals surface area (Å²) >= 11 is 1.41. The minimum atomic E-state index is -0.327. The van der Waals surface area contributed by atoms with Crippen LogP contribution in [0.25, 0.3) is 10.8 Å². The molecule has 1 N–H and O–H groups in total. The Kier molecular flexibility index (Phi) is 7.28. The number of rotatable bonds is 7. The molecule has 5 heteroatoms. The Balaban J connectivity index is 1.55. The number of nitrogens with one attached hydrogen (secondary N) is 1. The van der Waals surface area contributed by atoms with Gasteiger partial charge in [0.1, 0.15) is 11.1 Å². The van der Waals surface area contributed by atoms with Crippen LogP contribution in [-0.4, -0.2) is 16.1 Å². The highest BCUT2D eigenvalue weighted by Gasteiger charge is 2.32. The molecule has 0 bridgehead atoms. The molecule has 0 saturated heterocycles. The maximum absolute atomic E-state index is 13.2. The van der Waals surface area contributed by atoms with E-state index in [9.17, 15) is 10.1 Å². The summed E-state index contributed by atoms with van der Waals surface area (Å²) in [7, 11) is 0. The van der Waals surface area contributed by atoms with Gasteiger partial charge in [0.25, 0.3) is 0 Å². The van der Waals surface area contributed by atoms with E-state index in [0.29, 0.717) is 22.9 Å². The molecule has 4 rings (SSSR count). The van der Waals surface area contributed by atoms with Gasteiger partial charge in [-0.15, -0.1) is 0 Å². The Morgan fingerprint density at radius 3 is 2.74 bits per heavy atom. The number of aromatic nitrogens is 1. The highest BCUT2D eigenvalue weighted by molar-refractivity contribution is 8.00. The highest BCUT2D eigenvalue weighted by Crippen LogP contribution is 2.40. The Bertz CT molecular complexity index is 1240. The largest absolute Gasteiger partial charge is 0.325 e. The van der Waals surface area contributed by atoms with Crippen molar-refractivity contribution in [2.75, 3.05) is 5.32 Å². The first-order chi connectivity index (χ1) is 16.4. The third-order valence-electron chi connectivity index (χ3n) is 7.45. The number of hydrogen-bond donors (Lipinski definition) is 1. The average molecular weight is 472 g/mol. The predicted octanol–water partition coefficient (Wildman–Crippen LogP) is 7.16. The van der Waals surface area contributed by atoms with E-state index < -0.39 is 0 Å². The number of aryl methyl sites for hydroxylation is 1. The highest BCUT2D eigenvalue weighted by atomic mass is 32.2.